The van der Waals surface area contributed by atoms with Crippen molar-refractivity contribution in [2.75, 3.05) is 96.0 Å². The SMILES string of the molecule is CS(=O)(=O)N1CCN(C(=O)CN2CCCCCOc3ccccc3N(CC(=O)N3CCN(S(C)(=O)=O)CC3)c3cncc(c3)C2=O)CC1. The van der Waals surface area contributed by atoms with Gasteiger partial charge in [0, 0.05) is 65.1 Å². The van der Waals surface area contributed by atoms with Gasteiger partial charge in [0.1, 0.15) is 18.8 Å². The first kappa shape index (κ1) is 35.5. The van der Waals surface area contributed by atoms with Crippen molar-refractivity contribution >= 4 is 49.1 Å². The molecule has 0 radical (unpaired) electrons. The summed E-state index contributed by atoms with van der Waals surface area (Å²) < 4.78 is 56.7. The maximum Gasteiger partial charge on any atom is 0.255 e. The van der Waals surface area contributed by atoms with Crippen LogP contribution in [0.5, 0.6) is 5.75 Å². The minimum atomic E-state index is -3.36. The molecule has 15 nitrogen and oxygen atoms in total. The quantitative estimate of drug-likeness (QED) is 0.413. The molecule has 0 atom stereocenters. The van der Waals surface area contributed by atoms with Crippen LogP contribution in [0.1, 0.15) is 29.6 Å². The van der Waals surface area contributed by atoms with Gasteiger partial charge in [-0.2, -0.15) is 8.61 Å². The predicted molar refractivity (Wildman–Crippen MR) is 179 cm³/mol. The molecule has 2 aromatic rings. The number of carbonyl (C=O) groups excluding carboxylic acids is 3. The maximum absolute atomic E-state index is 14.0. The van der Waals surface area contributed by atoms with Gasteiger partial charge in [-0.1, -0.05) is 12.1 Å². The number of para-hydroxylation sites is 2. The second-order valence-corrected chi connectivity index (χ2v) is 16.2. The summed E-state index contributed by atoms with van der Waals surface area (Å²) in [4.78, 5) is 51.8. The Morgan fingerprint density at radius 1 is 0.750 bits per heavy atom. The lowest BCUT2D eigenvalue weighted by atomic mass is 10.1. The van der Waals surface area contributed by atoms with Crippen LogP contribution in [0.15, 0.2) is 42.7 Å². The summed E-state index contributed by atoms with van der Waals surface area (Å²) in [5, 5.41) is 0. The number of carbonyl (C=O) groups is 3. The molecule has 2 bridgehead atoms. The van der Waals surface area contributed by atoms with Crippen molar-refractivity contribution in [3.63, 3.8) is 0 Å². The van der Waals surface area contributed by atoms with E-state index in [1.54, 1.807) is 27.0 Å². The number of benzene rings is 1. The number of pyridine rings is 1. The Morgan fingerprint density at radius 3 is 1.94 bits per heavy atom. The van der Waals surface area contributed by atoms with Crippen LogP contribution >= 0.6 is 0 Å². The van der Waals surface area contributed by atoms with E-state index in [0.717, 1.165) is 18.9 Å². The second kappa shape index (κ2) is 15.2. The summed E-state index contributed by atoms with van der Waals surface area (Å²) in [6.45, 7) is 2.27. The van der Waals surface area contributed by atoms with Crippen LogP contribution < -0.4 is 9.64 Å². The lowest BCUT2D eigenvalue weighted by molar-refractivity contribution is -0.133. The van der Waals surface area contributed by atoms with Crippen LogP contribution in [0.3, 0.4) is 0 Å². The second-order valence-electron chi connectivity index (χ2n) is 12.2. The molecule has 3 aliphatic rings. The zero-order valence-electron chi connectivity index (χ0n) is 27.4. The lowest BCUT2D eigenvalue weighted by Crippen LogP contribution is -2.53. The van der Waals surface area contributed by atoms with E-state index in [1.807, 2.05) is 24.3 Å². The van der Waals surface area contributed by atoms with Crippen molar-refractivity contribution in [2.24, 2.45) is 0 Å². The molecule has 4 heterocycles. The standard InChI is InChI=1S/C31H43N7O8S2/c1-47(42,43)36-15-11-33(12-16-36)29(39)23-35-10-6-3-7-19-46-28-9-5-4-8-27(28)38(26-20-25(31(35)41)21-32-22-26)24-30(40)34-13-17-37(18-14-34)48(2,44)45/h4-5,8-9,20-22H,3,6-7,10-19,23-24H2,1-2H3. The number of amides is 3. The van der Waals surface area contributed by atoms with E-state index in [-0.39, 0.29) is 88.7 Å². The topological polar surface area (TPSA) is 161 Å². The van der Waals surface area contributed by atoms with E-state index in [1.165, 1.54) is 19.7 Å². The van der Waals surface area contributed by atoms with Crippen LogP contribution in [-0.4, -0.2) is 154 Å². The molecule has 3 aliphatic heterocycles. The number of hydrogen-bond acceptors (Lipinski definition) is 10. The fraction of sp³-hybridized carbons (Fsp3) is 0.548. The largest absolute Gasteiger partial charge is 0.491 e. The summed E-state index contributed by atoms with van der Waals surface area (Å²) in [5.41, 5.74) is 1.33. The lowest BCUT2D eigenvalue weighted by Gasteiger charge is -2.35. The van der Waals surface area contributed by atoms with Gasteiger partial charge in [-0.3, -0.25) is 19.4 Å². The molecular formula is C31H43N7O8S2. The predicted octanol–water partition coefficient (Wildman–Crippen LogP) is 0.432. The summed E-state index contributed by atoms with van der Waals surface area (Å²) in [6, 6.07) is 8.99. The molecule has 1 aromatic carbocycles. The number of nitrogens with zero attached hydrogens (tertiary/aromatic N) is 7. The third-order valence-corrected chi connectivity index (χ3v) is 11.4. The van der Waals surface area contributed by atoms with Crippen molar-refractivity contribution in [1.82, 2.24) is 28.3 Å². The number of rotatable bonds is 6. The summed E-state index contributed by atoms with van der Waals surface area (Å²) in [6.07, 6.45) is 7.39. The minimum Gasteiger partial charge on any atom is -0.491 e. The molecule has 0 saturated carbocycles. The molecular weight excluding hydrogens is 663 g/mol. The number of anilines is 2. The Kier molecular flexibility index (Phi) is 11.2. The van der Waals surface area contributed by atoms with Crippen molar-refractivity contribution in [3.8, 4) is 5.75 Å². The molecule has 1 aromatic heterocycles. The molecule has 5 rings (SSSR count). The third-order valence-electron chi connectivity index (χ3n) is 8.80. The Labute approximate surface area is 282 Å². The average Bonchev–Trinajstić information content (AvgIpc) is 3.07. The van der Waals surface area contributed by atoms with Crippen LogP contribution in [-0.2, 0) is 29.6 Å². The van der Waals surface area contributed by atoms with Crippen LogP contribution in [0.2, 0.25) is 0 Å². The van der Waals surface area contributed by atoms with Gasteiger partial charge in [-0.15, -0.1) is 0 Å². The molecule has 262 valence electrons. The molecule has 3 amide bonds. The zero-order chi connectivity index (χ0) is 34.5. The van der Waals surface area contributed by atoms with Crippen LogP contribution in [0.25, 0.3) is 0 Å². The number of piperazine rings is 2. The van der Waals surface area contributed by atoms with Crippen molar-refractivity contribution < 1.29 is 36.0 Å². The number of sulfonamides is 2. The fourth-order valence-corrected chi connectivity index (χ4v) is 7.70. The molecule has 0 spiro atoms. The van der Waals surface area contributed by atoms with E-state index in [2.05, 4.69) is 4.98 Å². The first-order valence-electron chi connectivity index (χ1n) is 16.0. The molecule has 0 aliphatic carbocycles. The zero-order valence-corrected chi connectivity index (χ0v) is 29.0. The number of fused-ring (bicyclic) bond motifs is 3. The van der Waals surface area contributed by atoms with Crippen molar-refractivity contribution in [3.05, 3.63) is 48.3 Å². The Hall–Kier alpha value is -3.80. The monoisotopic (exact) mass is 705 g/mol. The summed E-state index contributed by atoms with van der Waals surface area (Å²) in [5.74, 6) is -0.289. The van der Waals surface area contributed by atoms with Gasteiger partial charge in [0.15, 0.2) is 0 Å². The van der Waals surface area contributed by atoms with Crippen molar-refractivity contribution in [2.45, 2.75) is 19.3 Å². The van der Waals surface area contributed by atoms with Gasteiger partial charge in [-0.25, -0.2) is 16.8 Å². The molecule has 0 unspecified atom stereocenters. The van der Waals surface area contributed by atoms with E-state index in [0.29, 0.717) is 43.1 Å². The number of aromatic nitrogens is 1. The average molecular weight is 706 g/mol. The number of hydrogen-bond donors (Lipinski definition) is 0. The molecule has 0 N–H and O–H groups in total. The summed E-state index contributed by atoms with van der Waals surface area (Å²) in [7, 11) is -6.71. The Morgan fingerprint density at radius 2 is 1.33 bits per heavy atom. The van der Waals surface area contributed by atoms with Crippen LogP contribution in [0, 0.1) is 0 Å². The molecule has 2 saturated heterocycles. The smallest absolute Gasteiger partial charge is 0.255 e. The Bertz CT molecular complexity index is 1710. The van der Waals surface area contributed by atoms with Gasteiger partial charge in [-0.05, 0) is 37.5 Å². The van der Waals surface area contributed by atoms with Gasteiger partial charge in [0.2, 0.25) is 31.9 Å². The summed E-state index contributed by atoms with van der Waals surface area (Å²) >= 11 is 0. The van der Waals surface area contributed by atoms with Crippen molar-refractivity contribution in [1.29, 1.82) is 0 Å². The van der Waals surface area contributed by atoms with E-state index < -0.39 is 20.0 Å². The minimum absolute atomic E-state index is 0.111. The fourth-order valence-electron chi connectivity index (χ4n) is 6.05. The van der Waals surface area contributed by atoms with Gasteiger partial charge >= 0.3 is 0 Å². The van der Waals surface area contributed by atoms with E-state index in [9.17, 15) is 31.2 Å². The van der Waals surface area contributed by atoms with E-state index >= 15 is 0 Å². The highest BCUT2D eigenvalue weighted by atomic mass is 32.2. The van der Waals surface area contributed by atoms with Gasteiger partial charge in [0.25, 0.3) is 5.91 Å². The maximum atomic E-state index is 14.0. The normalized spacial score (nSPS) is 19.3. The van der Waals surface area contributed by atoms with Gasteiger partial charge in [0.05, 0.1) is 42.3 Å². The van der Waals surface area contributed by atoms with E-state index in [4.69, 9.17) is 4.74 Å². The first-order valence-corrected chi connectivity index (χ1v) is 19.7. The highest BCUT2D eigenvalue weighted by Gasteiger charge is 2.31. The molecule has 2 fully saturated rings. The number of ether oxygens (including phenoxy) is 1. The Balaban J connectivity index is 1.39. The van der Waals surface area contributed by atoms with Gasteiger partial charge < -0.3 is 24.3 Å². The van der Waals surface area contributed by atoms with Crippen LogP contribution in [0.4, 0.5) is 11.4 Å². The molecule has 17 heteroatoms. The highest BCUT2D eigenvalue weighted by Crippen LogP contribution is 2.34. The molecule has 48 heavy (non-hydrogen) atoms. The third kappa shape index (κ3) is 8.80. The highest BCUT2D eigenvalue weighted by molar-refractivity contribution is 7.88. The first-order chi connectivity index (χ1) is 22.8.